The highest BCUT2D eigenvalue weighted by molar-refractivity contribution is 5.96. The molecule has 0 fully saturated rings. The standard InChI is InChI=1S/C25H30N2O5/c1-5-12-31-25(29)32-19-13-16(2)23(17(3)14-19)20(26)15-22(28)27-11-7-9-18-8-6-10-21(30-4)24(18)27/h5-6,8,10,13-14,20H,1,7,9,11-12,15,26H2,2-4H3. The van der Waals surface area contributed by atoms with Crippen molar-refractivity contribution in [3.8, 4) is 11.5 Å². The molecule has 1 aliphatic rings. The number of anilines is 1. The van der Waals surface area contributed by atoms with Crippen LogP contribution in [0.2, 0.25) is 0 Å². The zero-order chi connectivity index (χ0) is 23.3. The highest BCUT2D eigenvalue weighted by atomic mass is 16.7. The van der Waals surface area contributed by atoms with E-state index in [1.165, 1.54) is 6.08 Å². The Morgan fingerprint density at radius 1 is 1.25 bits per heavy atom. The van der Waals surface area contributed by atoms with E-state index >= 15 is 0 Å². The maximum atomic E-state index is 13.2. The SMILES string of the molecule is C=CCOC(=O)Oc1cc(C)c(C(N)CC(=O)N2CCCc3cccc(OC)c32)c(C)c1. The summed E-state index contributed by atoms with van der Waals surface area (Å²) in [5, 5.41) is 0. The van der Waals surface area contributed by atoms with Crippen LogP contribution in [0.3, 0.4) is 0 Å². The molecule has 32 heavy (non-hydrogen) atoms. The van der Waals surface area contributed by atoms with Crippen molar-refractivity contribution >= 4 is 17.7 Å². The van der Waals surface area contributed by atoms with Crippen LogP contribution in [0.4, 0.5) is 10.5 Å². The average Bonchev–Trinajstić information content (AvgIpc) is 2.76. The third-order valence-corrected chi connectivity index (χ3v) is 5.55. The van der Waals surface area contributed by atoms with Gasteiger partial charge in [0, 0.05) is 19.0 Å². The number of benzene rings is 2. The number of carbonyl (C=O) groups excluding carboxylic acids is 2. The van der Waals surface area contributed by atoms with Crippen molar-refractivity contribution in [2.75, 3.05) is 25.2 Å². The van der Waals surface area contributed by atoms with Gasteiger partial charge in [-0.2, -0.15) is 0 Å². The third kappa shape index (κ3) is 5.11. The molecule has 1 heterocycles. The third-order valence-electron chi connectivity index (χ3n) is 5.55. The summed E-state index contributed by atoms with van der Waals surface area (Å²) in [6.07, 6.45) is 2.63. The van der Waals surface area contributed by atoms with E-state index < -0.39 is 12.2 Å². The number of hydrogen-bond acceptors (Lipinski definition) is 6. The molecule has 0 aromatic heterocycles. The number of rotatable bonds is 7. The fourth-order valence-electron chi connectivity index (χ4n) is 4.26. The highest BCUT2D eigenvalue weighted by Crippen LogP contribution is 2.37. The number of hydrogen-bond donors (Lipinski definition) is 1. The van der Waals surface area contributed by atoms with Gasteiger partial charge < -0.3 is 24.8 Å². The lowest BCUT2D eigenvalue weighted by atomic mass is 9.93. The molecule has 1 unspecified atom stereocenters. The van der Waals surface area contributed by atoms with E-state index in [1.807, 2.05) is 32.0 Å². The van der Waals surface area contributed by atoms with Gasteiger partial charge in [0.2, 0.25) is 5.91 Å². The Morgan fingerprint density at radius 3 is 2.62 bits per heavy atom. The Labute approximate surface area is 188 Å². The van der Waals surface area contributed by atoms with Crippen molar-refractivity contribution in [2.24, 2.45) is 5.73 Å². The maximum absolute atomic E-state index is 13.2. The molecule has 1 atom stereocenters. The smallest absolute Gasteiger partial charge is 0.495 e. The largest absolute Gasteiger partial charge is 0.514 e. The van der Waals surface area contributed by atoms with Crippen LogP contribution in [-0.2, 0) is 16.0 Å². The second kappa shape index (κ2) is 10.3. The number of aryl methyl sites for hydroxylation is 3. The van der Waals surface area contributed by atoms with Crippen molar-refractivity contribution in [3.05, 3.63) is 65.2 Å². The van der Waals surface area contributed by atoms with Gasteiger partial charge in [-0.1, -0.05) is 24.8 Å². The number of nitrogens with zero attached hydrogens (tertiary/aromatic N) is 1. The molecule has 2 aromatic rings. The van der Waals surface area contributed by atoms with Crippen LogP contribution >= 0.6 is 0 Å². The summed E-state index contributed by atoms with van der Waals surface area (Å²) in [4.78, 5) is 26.7. The van der Waals surface area contributed by atoms with Gasteiger partial charge in [0.15, 0.2) is 0 Å². The Bertz CT molecular complexity index is 980. The van der Waals surface area contributed by atoms with Crippen molar-refractivity contribution < 1.29 is 23.8 Å². The number of nitrogens with two attached hydrogens (primary N) is 1. The summed E-state index contributed by atoms with van der Waals surface area (Å²) < 4.78 is 15.6. The summed E-state index contributed by atoms with van der Waals surface area (Å²) in [5.74, 6) is 1.02. The minimum atomic E-state index is -0.798. The van der Waals surface area contributed by atoms with E-state index in [0.717, 1.165) is 40.8 Å². The van der Waals surface area contributed by atoms with Crippen LogP contribution < -0.4 is 20.1 Å². The van der Waals surface area contributed by atoms with Gasteiger partial charge in [0.05, 0.1) is 12.8 Å². The minimum absolute atomic E-state index is 0.0462. The highest BCUT2D eigenvalue weighted by Gasteiger charge is 2.28. The number of methoxy groups -OCH3 is 1. The molecule has 1 aliphatic heterocycles. The minimum Gasteiger partial charge on any atom is -0.495 e. The molecular weight excluding hydrogens is 408 g/mol. The van der Waals surface area contributed by atoms with Crippen LogP contribution in [0.5, 0.6) is 11.5 Å². The van der Waals surface area contributed by atoms with Gasteiger partial charge in [0.1, 0.15) is 18.1 Å². The first kappa shape index (κ1) is 23.3. The Kier molecular flexibility index (Phi) is 7.53. The molecule has 0 radical (unpaired) electrons. The molecule has 0 saturated heterocycles. The number of para-hydroxylation sites is 1. The van der Waals surface area contributed by atoms with Crippen molar-refractivity contribution in [3.63, 3.8) is 0 Å². The van der Waals surface area contributed by atoms with E-state index in [9.17, 15) is 9.59 Å². The average molecular weight is 439 g/mol. The molecule has 0 bridgehead atoms. The predicted octanol–water partition coefficient (Wildman–Crippen LogP) is 4.38. The molecule has 1 amide bonds. The van der Waals surface area contributed by atoms with Gasteiger partial charge in [0.25, 0.3) is 0 Å². The molecule has 0 aliphatic carbocycles. The van der Waals surface area contributed by atoms with Crippen LogP contribution in [0.25, 0.3) is 0 Å². The second-order valence-electron chi connectivity index (χ2n) is 7.85. The van der Waals surface area contributed by atoms with Crippen molar-refractivity contribution in [1.29, 1.82) is 0 Å². The topological polar surface area (TPSA) is 91.1 Å². The molecule has 7 nitrogen and oxygen atoms in total. The molecular formula is C25H30N2O5. The molecule has 170 valence electrons. The summed E-state index contributed by atoms with van der Waals surface area (Å²) in [7, 11) is 1.61. The van der Waals surface area contributed by atoms with Gasteiger partial charge in [-0.3, -0.25) is 4.79 Å². The van der Waals surface area contributed by atoms with Crippen LogP contribution in [0.1, 0.15) is 41.1 Å². The lowest BCUT2D eigenvalue weighted by Gasteiger charge is -2.32. The Balaban J connectivity index is 1.77. The first-order valence-corrected chi connectivity index (χ1v) is 10.6. The lowest BCUT2D eigenvalue weighted by molar-refractivity contribution is -0.119. The quantitative estimate of drug-likeness (QED) is 0.392. The zero-order valence-corrected chi connectivity index (χ0v) is 18.8. The molecule has 7 heteroatoms. The summed E-state index contributed by atoms with van der Waals surface area (Å²) in [6.45, 7) is 7.97. The fraction of sp³-hybridized carbons (Fsp3) is 0.360. The molecule has 2 aromatic carbocycles. The van der Waals surface area contributed by atoms with Crippen molar-refractivity contribution in [2.45, 2.75) is 39.2 Å². The van der Waals surface area contributed by atoms with Gasteiger partial charge >= 0.3 is 6.16 Å². The van der Waals surface area contributed by atoms with Gasteiger partial charge in [-0.25, -0.2) is 4.79 Å². The number of carbonyl (C=O) groups is 2. The first-order chi connectivity index (χ1) is 15.3. The molecule has 0 saturated carbocycles. The summed E-state index contributed by atoms with van der Waals surface area (Å²) in [6, 6.07) is 8.80. The summed E-state index contributed by atoms with van der Waals surface area (Å²) in [5.41, 5.74) is 11.0. The fourth-order valence-corrected chi connectivity index (χ4v) is 4.26. The second-order valence-corrected chi connectivity index (χ2v) is 7.85. The maximum Gasteiger partial charge on any atom is 0.514 e. The number of amides is 1. The normalized spacial score (nSPS) is 13.7. The molecule has 2 N–H and O–H groups in total. The van der Waals surface area contributed by atoms with Crippen molar-refractivity contribution in [1.82, 2.24) is 0 Å². The first-order valence-electron chi connectivity index (χ1n) is 10.6. The van der Waals surface area contributed by atoms with Gasteiger partial charge in [-0.05, 0) is 67.1 Å². The van der Waals surface area contributed by atoms with Crippen LogP contribution in [-0.4, -0.2) is 32.3 Å². The van der Waals surface area contributed by atoms with E-state index in [1.54, 1.807) is 24.1 Å². The number of ether oxygens (including phenoxy) is 3. The predicted molar refractivity (Wildman–Crippen MR) is 123 cm³/mol. The van der Waals surface area contributed by atoms with E-state index in [0.29, 0.717) is 18.0 Å². The Morgan fingerprint density at radius 2 is 1.97 bits per heavy atom. The van der Waals surface area contributed by atoms with Gasteiger partial charge in [-0.15, -0.1) is 0 Å². The molecule has 3 rings (SSSR count). The van der Waals surface area contributed by atoms with Crippen LogP contribution in [0, 0.1) is 13.8 Å². The summed E-state index contributed by atoms with van der Waals surface area (Å²) >= 11 is 0. The van der Waals surface area contributed by atoms with E-state index in [4.69, 9.17) is 19.9 Å². The van der Waals surface area contributed by atoms with E-state index in [2.05, 4.69) is 6.58 Å². The monoisotopic (exact) mass is 438 g/mol. The number of fused-ring (bicyclic) bond motifs is 1. The zero-order valence-electron chi connectivity index (χ0n) is 18.8. The Hall–Kier alpha value is -3.32. The molecule has 0 spiro atoms. The lowest BCUT2D eigenvalue weighted by Crippen LogP contribution is -2.37. The van der Waals surface area contributed by atoms with E-state index in [-0.39, 0.29) is 18.9 Å². The van der Waals surface area contributed by atoms with Crippen LogP contribution in [0.15, 0.2) is 43.0 Å².